The number of rotatable bonds is 2. The normalized spacial score (nSPS) is 19.3. The molecule has 1 aliphatic heterocycles. The fraction of sp³-hybridized carbons (Fsp3) is 0.636. The Balaban J connectivity index is 1.85. The Morgan fingerprint density at radius 2 is 2.38 bits per heavy atom. The van der Waals surface area contributed by atoms with Crippen molar-refractivity contribution in [2.24, 2.45) is 17.5 Å². The second kappa shape index (κ2) is 4.49. The van der Waals surface area contributed by atoms with Crippen LogP contribution in [0.15, 0.2) is 17.3 Å². The van der Waals surface area contributed by atoms with Crippen LogP contribution in [0, 0.1) is 5.41 Å². The largest absolute Gasteiger partial charge is 0.359 e. The van der Waals surface area contributed by atoms with Gasteiger partial charge in [-0.15, -0.1) is 0 Å². The molecular weight excluding hydrogens is 220 g/mol. The predicted octanol–water partition coefficient (Wildman–Crippen LogP) is 1.64. The molecule has 0 fully saturated rings. The average molecular weight is 238 g/mol. The van der Waals surface area contributed by atoms with Gasteiger partial charge in [-0.1, -0.05) is 25.6 Å². The number of nitrogens with one attached hydrogen (secondary N) is 1. The minimum Gasteiger partial charge on any atom is -0.359 e. The minimum atomic E-state index is 0.334. The van der Waals surface area contributed by atoms with Gasteiger partial charge in [0, 0.05) is 25.5 Å². The van der Waals surface area contributed by atoms with Crippen LogP contribution in [-0.2, 0) is 13.6 Å². The summed E-state index contributed by atoms with van der Waals surface area (Å²) in [5.74, 6) is 1.13. The highest BCUT2D eigenvalue weighted by Gasteiger charge is 2.23. The van der Waals surface area contributed by atoms with Gasteiger partial charge in [0.2, 0.25) is 0 Å². The first-order valence-electron chi connectivity index (χ1n) is 5.45. The molecule has 0 saturated carbocycles. The van der Waals surface area contributed by atoms with E-state index in [0.29, 0.717) is 5.41 Å². The maximum Gasteiger partial charge on any atom is 0.156 e. The van der Waals surface area contributed by atoms with Gasteiger partial charge in [-0.25, -0.2) is 0 Å². The molecule has 4 nitrogen and oxygen atoms in total. The molecule has 0 saturated heterocycles. The minimum absolute atomic E-state index is 0.334. The van der Waals surface area contributed by atoms with E-state index in [0.717, 1.165) is 29.7 Å². The molecule has 5 heteroatoms. The summed E-state index contributed by atoms with van der Waals surface area (Å²) >= 11 is 1.80. The first-order chi connectivity index (χ1) is 7.55. The van der Waals surface area contributed by atoms with Crippen molar-refractivity contribution < 1.29 is 0 Å². The summed E-state index contributed by atoms with van der Waals surface area (Å²) in [5.41, 5.74) is 1.39. The summed E-state index contributed by atoms with van der Waals surface area (Å²) in [5, 5.41) is 8.69. The predicted molar refractivity (Wildman–Crippen MR) is 68.6 cm³/mol. The molecule has 0 radical (unpaired) electrons. The van der Waals surface area contributed by atoms with Crippen LogP contribution in [-0.4, -0.2) is 27.2 Å². The van der Waals surface area contributed by atoms with Crippen molar-refractivity contribution in [3.8, 4) is 0 Å². The molecule has 0 atom stereocenters. The average Bonchev–Trinajstić information content (AvgIpc) is 2.63. The lowest BCUT2D eigenvalue weighted by atomic mass is 9.97. The van der Waals surface area contributed by atoms with E-state index in [2.05, 4.69) is 29.3 Å². The number of aromatic nitrogens is 2. The third-order valence-electron chi connectivity index (χ3n) is 2.44. The Kier molecular flexibility index (Phi) is 3.23. The van der Waals surface area contributed by atoms with Crippen LogP contribution in [0.2, 0.25) is 0 Å². The third-order valence-corrected chi connectivity index (χ3v) is 3.91. The van der Waals surface area contributed by atoms with Gasteiger partial charge in [0.1, 0.15) is 0 Å². The first kappa shape index (κ1) is 11.5. The van der Waals surface area contributed by atoms with E-state index in [9.17, 15) is 0 Å². The molecule has 1 N–H and O–H groups in total. The van der Waals surface area contributed by atoms with Crippen LogP contribution in [0.25, 0.3) is 0 Å². The summed E-state index contributed by atoms with van der Waals surface area (Å²) in [4.78, 5) is 4.54. The van der Waals surface area contributed by atoms with Crippen LogP contribution in [0.4, 0.5) is 0 Å². The van der Waals surface area contributed by atoms with Crippen molar-refractivity contribution in [3.63, 3.8) is 0 Å². The number of nitrogens with zero attached hydrogens (tertiary/aromatic N) is 3. The molecule has 88 valence electrons. The maximum absolute atomic E-state index is 4.54. The maximum atomic E-state index is 4.54. The van der Waals surface area contributed by atoms with Crippen LogP contribution < -0.4 is 5.32 Å². The third kappa shape index (κ3) is 3.01. The van der Waals surface area contributed by atoms with E-state index < -0.39 is 0 Å². The molecule has 0 amide bonds. The number of amidine groups is 1. The summed E-state index contributed by atoms with van der Waals surface area (Å²) < 4.78 is 1.82. The van der Waals surface area contributed by atoms with Crippen molar-refractivity contribution in [2.45, 2.75) is 20.4 Å². The SMILES string of the molecule is Cn1ccc(CNC2=NCC(C)(C)CS2)n1. The smallest absolute Gasteiger partial charge is 0.156 e. The van der Waals surface area contributed by atoms with Gasteiger partial charge in [-0.2, -0.15) is 5.10 Å². The fourth-order valence-corrected chi connectivity index (χ4v) is 2.42. The summed E-state index contributed by atoms with van der Waals surface area (Å²) in [7, 11) is 1.93. The molecular formula is C11H18N4S. The van der Waals surface area contributed by atoms with Gasteiger partial charge in [-0.05, 0) is 11.5 Å². The molecule has 0 spiro atoms. The van der Waals surface area contributed by atoms with Gasteiger partial charge in [0.25, 0.3) is 0 Å². The van der Waals surface area contributed by atoms with E-state index >= 15 is 0 Å². The topological polar surface area (TPSA) is 42.2 Å². The van der Waals surface area contributed by atoms with Gasteiger partial charge < -0.3 is 5.32 Å². The fourth-order valence-electron chi connectivity index (χ4n) is 1.47. The second-order valence-electron chi connectivity index (χ2n) is 4.91. The van der Waals surface area contributed by atoms with Crippen molar-refractivity contribution in [1.82, 2.24) is 15.1 Å². The molecule has 16 heavy (non-hydrogen) atoms. The highest BCUT2D eigenvalue weighted by molar-refractivity contribution is 8.13. The molecule has 2 heterocycles. The Bertz CT molecular complexity index is 394. The molecule has 1 aromatic heterocycles. The first-order valence-corrected chi connectivity index (χ1v) is 6.43. The zero-order valence-electron chi connectivity index (χ0n) is 10.0. The number of thioether (sulfide) groups is 1. The van der Waals surface area contributed by atoms with Crippen LogP contribution >= 0.6 is 11.8 Å². The number of hydrogen-bond acceptors (Lipinski definition) is 4. The van der Waals surface area contributed by atoms with E-state index in [4.69, 9.17) is 0 Å². The van der Waals surface area contributed by atoms with Gasteiger partial charge in [-0.3, -0.25) is 9.67 Å². The summed E-state index contributed by atoms with van der Waals surface area (Å²) in [6.45, 7) is 6.16. The Morgan fingerprint density at radius 1 is 1.56 bits per heavy atom. The highest BCUT2D eigenvalue weighted by Crippen LogP contribution is 2.26. The number of aliphatic imine (C=N–C) groups is 1. The Labute approximate surface area is 101 Å². The molecule has 0 unspecified atom stereocenters. The van der Waals surface area contributed by atoms with Crippen LogP contribution in [0.1, 0.15) is 19.5 Å². The van der Waals surface area contributed by atoms with Gasteiger partial charge >= 0.3 is 0 Å². The van der Waals surface area contributed by atoms with E-state index in [-0.39, 0.29) is 0 Å². The zero-order chi connectivity index (χ0) is 11.6. The molecule has 1 aromatic rings. The van der Waals surface area contributed by atoms with E-state index in [1.165, 1.54) is 0 Å². The second-order valence-corrected chi connectivity index (χ2v) is 5.87. The molecule has 1 aliphatic rings. The highest BCUT2D eigenvalue weighted by atomic mass is 32.2. The lowest BCUT2D eigenvalue weighted by Gasteiger charge is -2.27. The summed E-state index contributed by atoms with van der Waals surface area (Å²) in [6.07, 6.45) is 1.95. The standard InChI is InChI=1S/C11H18N4S/c1-11(2)7-13-10(16-8-11)12-6-9-4-5-15(3)14-9/h4-5H,6-8H2,1-3H3,(H,12,13). The molecule has 2 rings (SSSR count). The van der Waals surface area contributed by atoms with Crippen molar-refractivity contribution in [2.75, 3.05) is 12.3 Å². The lowest BCUT2D eigenvalue weighted by molar-refractivity contribution is 0.436. The van der Waals surface area contributed by atoms with Crippen molar-refractivity contribution >= 4 is 16.9 Å². The molecule has 0 aliphatic carbocycles. The van der Waals surface area contributed by atoms with Crippen molar-refractivity contribution in [3.05, 3.63) is 18.0 Å². The number of aryl methyl sites for hydroxylation is 1. The molecule has 0 aromatic carbocycles. The number of hydrogen-bond donors (Lipinski definition) is 1. The van der Waals surface area contributed by atoms with Crippen molar-refractivity contribution in [1.29, 1.82) is 0 Å². The monoisotopic (exact) mass is 238 g/mol. The van der Waals surface area contributed by atoms with E-state index in [1.807, 2.05) is 24.0 Å². The Morgan fingerprint density at radius 3 is 2.94 bits per heavy atom. The summed E-state index contributed by atoms with van der Waals surface area (Å²) in [6, 6.07) is 2.02. The lowest BCUT2D eigenvalue weighted by Crippen LogP contribution is -2.31. The van der Waals surface area contributed by atoms with Crippen LogP contribution in [0.3, 0.4) is 0 Å². The zero-order valence-corrected chi connectivity index (χ0v) is 10.8. The van der Waals surface area contributed by atoms with Gasteiger partial charge in [0.05, 0.1) is 12.2 Å². The van der Waals surface area contributed by atoms with E-state index in [1.54, 1.807) is 11.8 Å². The van der Waals surface area contributed by atoms with Gasteiger partial charge in [0.15, 0.2) is 5.17 Å². The van der Waals surface area contributed by atoms with Crippen LogP contribution in [0.5, 0.6) is 0 Å². The quantitative estimate of drug-likeness (QED) is 0.851. The molecule has 0 bridgehead atoms. The Hall–Kier alpha value is -0.970.